The maximum Gasteiger partial charge on any atom is 0.472 e. The summed E-state index contributed by atoms with van der Waals surface area (Å²) >= 11 is 0. The largest absolute Gasteiger partial charge is 0.472 e. The number of aliphatic hydroxyl groups excluding tert-OH is 9. The fourth-order valence-corrected chi connectivity index (χ4v) is 16.1. The molecule has 25 nitrogen and oxygen atoms in total. The van der Waals surface area contributed by atoms with Gasteiger partial charge in [0.15, 0.2) is 24.8 Å². The van der Waals surface area contributed by atoms with E-state index in [1.54, 1.807) is 0 Å². The number of hydrogen-bond acceptors (Lipinski definition) is 24. The Morgan fingerprint density at radius 1 is 0.333 bits per heavy atom. The van der Waals surface area contributed by atoms with Crippen LogP contribution in [0.15, 0.2) is 36.5 Å². The second-order valence-corrected chi connectivity index (χ2v) is 34.6. The summed E-state index contributed by atoms with van der Waals surface area (Å²) in [4.78, 5) is 66.4. The molecule has 10 N–H and O–H groups in total. The van der Waals surface area contributed by atoms with E-state index < -0.39 is 162 Å². The van der Waals surface area contributed by atoms with Crippen LogP contribution in [0.1, 0.15) is 387 Å². The van der Waals surface area contributed by atoms with E-state index in [0.717, 1.165) is 154 Å². The van der Waals surface area contributed by atoms with Crippen molar-refractivity contribution >= 4 is 31.7 Å². The van der Waals surface area contributed by atoms with Crippen LogP contribution in [0.3, 0.4) is 0 Å². The SMILES string of the molecule is CCCCCC/C=C\CCCCCCCCCC(=O)OCC1OC(OC2C(OC(=O)CCCCCCCCC/C=C\CCCCCC)C(O)C(O)C(OC3OC(CO)C(O)C(O)C3O)C2OP(=O)(O)OCC(COC(=O)CCCCCCCCCCCCCCCCC)OC(=O)CCCCC/C=C\CCCCCCCC)C(O)C(O)C1O. The molecule has 1 saturated carbocycles. The summed E-state index contributed by atoms with van der Waals surface area (Å²) in [7, 11) is -5.81. The van der Waals surface area contributed by atoms with E-state index in [9.17, 15) is 74.6 Å². The van der Waals surface area contributed by atoms with Crippen LogP contribution in [0.2, 0.25) is 0 Å². The number of rotatable bonds is 75. The van der Waals surface area contributed by atoms with Gasteiger partial charge in [-0.1, -0.05) is 295 Å². The summed E-state index contributed by atoms with van der Waals surface area (Å²) in [6, 6.07) is 0. The third-order valence-corrected chi connectivity index (χ3v) is 23.6. The van der Waals surface area contributed by atoms with Crippen molar-refractivity contribution in [2.75, 3.05) is 26.4 Å². The van der Waals surface area contributed by atoms with Crippen molar-refractivity contribution in [2.45, 2.75) is 491 Å². The molecule has 2 saturated heterocycles. The van der Waals surface area contributed by atoms with Crippen molar-refractivity contribution in [2.24, 2.45) is 0 Å². The van der Waals surface area contributed by atoms with Crippen LogP contribution in [-0.2, 0) is 70.7 Å². The number of allylic oxidation sites excluding steroid dienone is 6. The summed E-state index contributed by atoms with van der Waals surface area (Å²) in [5, 5.41) is 102. The van der Waals surface area contributed by atoms with E-state index >= 15 is 0 Å². The van der Waals surface area contributed by atoms with E-state index in [2.05, 4.69) is 64.2 Å². The van der Waals surface area contributed by atoms with Gasteiger partial charge in [0.25, 0.3) is 0 Å². The highest BCUT2D eigenvalue weighted by Gasteiger charge is 2.60. The highest BCUT2D eigenvalue weighted by molar-refractivity contribution is 7.47. The van der Waals surface area contributed by atoms with Gasteiger partial charge in [-0.3, -0.25) is 28.2 Å². The number of carbonyl (C=O) groups excluding carboxylic acids is 4. The molecular formula is C91H165O25P. The molecule has 26 heteroatoms. The number of aliphatic hydroxyl groups is 9. The first-order valence-electron chi connectivity index (χ1n) is 46.7. The monoisotopic (exact) mass is 1690 g/mol. The molecular weight excluding hydrogens is 1520 g/mol. The van der Waals surface area contributed by atoms with Gasteiger partial charge in [-0.15, -0.1) is 0 Å². The first kappa shape index (κ1) is 108. The van der Waals surface area contributed by atoms with Gasteiger partial charge < -0.3 is 88.7 Å². The average molecular weight is 1690 g/mol. The normalized spacial score (nSPS) is 25.2. The standard InChI is InChI=1S/C91H165O25P/c1-5-9-13-17-21-25-29-33-36-40-43-47-51-55-59-63-74(93)107-68-71(110-76(95)65-61-57-53-49-45-39-32-28-24-20-16-12-8-4)69-109-117(105,106)116-89-87(114-90-84(103)80(99)78(97)72(67-92)111-90)83(102)82(101)86(113-77(96)66-62-58-54-50-46-42-38-35-31-27-23-19-15-11-7-3)88(89)115-91-85(104)81(100)79(98)73(112-91)70-108-75(94)64-60-56-52-48-44-41-37-34-30-26-22-18-14-10-6-2/h26-27,30-31,39,45,71-73,78-92,97-104H,5-25,28-29,32-38,40-44,46-70H2,1-4H3,(H,105,106)/b30-26-,31-27-,45-39-. The van der Waals surface area contributed by atoms with Crippen molar-refractivity contribution in [3.8, 4) is 0 Å². The van der Waals surface area contributed by atoms with Gasteiger partial charge in [0.05, 0.1) is 13.2 Å². The molecule has 0 spiro atoms. The number of unbranched alkanes of at least 4 members (excludes halogenated alkanes) is 45. The number of hydrogen-bond donors (Lipinski definition) is 10. The zero-order chi connectivity index (χ0) is 85.4. The summed E-state index contributed by atoms with van der Waals surface area (Å²) < 4.78 is 73.4. The molecule has 0 aromatic rings. The van der Waals surface area contributed by atoms with Crippen LogP contribution in [0.4, 0.5) is 0 Å². The van der Waals surface area contributed by atoms with E-state index in [0.29, 0.717) is 38.5 Å². The Morgan fingerprint density at radius 3 is 1.03 bits per heavy atom. The van der Waals surface area contributed by atoms with Gasteiger partial charge in [-0.25, -0.2) is 4.57 Å². The summed E-state index contributed by atoms with van der Waals surface area (Å²) in [6.07, 6.45) is 31.4. The van der Waals surface area contributed by atoms with Crippen LogP contribution >= 0.6 is 7.82 Å². The van der Waals surface area contributed by atoms with Crippen molar-refractivity contribution in [3.63, 3.8) is 0 Å². The predicted molar refractivity (Wildman–Crippen MR) is 453 cm³/mol. The highest BCUT2D eigenvalue weighted by atomic mass is 31.2. The van der Waals surface area contributed by atoms with Crippen LogP contribution < -0.4 is 0 Å². The van der Waals surface area contributed by atoms with Crippen LogP contribution in [0, 0.1) is 0 Å². The Labute approximate surface area is 704 Å². The molecule has 0 amide bonds. The fourth-order valence-electron chi connectivity index (χ4n) is 15.1. The van der Waals surface area contributed by atoms with Crippen molar-refractivity contribution in [3.05, 3.63) is 36.5 Å². The lowest BCUT2D eigenvalue weighted by Crippen LogP contribution is -2.70. The molecule has 117 heavy (non-hydrogen) atoms. The molecule has 0 aromatic carbocycles. The Balaban J connectivity index is 1.92. The third kappa shape index (κ3) is 50.3. The van der Waals surface area contributed by atoms with Gasteiger partial charge in [0.2, 0.25) is 0 Å². The first-order valence-corrected chi connectivity index (χ1v) is 48.2. The Hall–Kier alpha value is -3.31. The molecule has 2 aliphatic heterocycles. The van der Waals surface area contributed by atoms with Crippen LogP contribution in [-0.4, -0.2) is 205 Å². The molecule has 3 fully saturated rings. The third-order valence-electron chi connectivity index (χ3n) is 22.6. The topological polar surface area (TPSA) is 380 Å². The molecule has 3 aliphatic rings. The predicted octanol–water partition coefficient (Wildman–Crippen LogP) is 17.1. The molecule has 2 heterocycles. The van der Waals surface area contributed by atoms with Crippen molar-refractivity contribution in [1.29, 1.82) is 0 Å². The van der Waals surface area contributed by atoms with Gasteiger partial charge in [-0.05, 0) is 103 Å². The Bertz CT molecular complexity index is 2580. The quantitative estimate of drug-likeness (QED) is 0.00889. The fraction of sp³-hybridized carbons (Fsp3) is 0.890. The molecule has 3 rings (SSSR count). The van der Waals surface area contributed by atoms with E-state index in [-0.39, 0.29) is 25.7 Å². The molecule has 1 aliphatic carbocycles. The molecule has 18 unspecified atom stereocenters. The Kier molecular flexibility index (Phi) is 64.6. The lowest BCUT2D eigenvalue weighted by Gasteiger charge is -2.50. The van der Waals surface area contributed by atoms with E-state index in [1.165, 1.54) is 141 Å². The maximum atomic E-state index is 14.9. The Morgan fingerprint density at radius 2 is 0.641 bits per heavy atom. The lowest BCUT2D eigenvalue weighted by molar-refractivity contribution is -0.360. The smallest absolute Gasteiger partial charge is 0.463 e. The molecule has 0 radical (unpaired) electrons. The minimum absolute atomic E-state index is 0.00739. The van der Waals surface area contributed by atoms with E-state index in [4.69, 9.17) is 46.9 Å². The van der Waals surface area contributed by atoms with Crippen molar-refractivity contribution in [1.82, 2.24) is 0 Å². The number of phosphoric acid groups is 1. The molecule has 684 valence electrons. The van der Waals surface area contributed by atoms with E-state index in [1.807, 2.05) is 0 Å². The zero-order valence-corrected chi connectivity index (χ0v) is 73.6. The zero-order valence-electron chi connectivity index (χ0n) is 72.7. The summed E-state index contributed by atoms with van der Waals surface area (Å²) in [6.45, 7) is 5.54. The second-order valence-electron chi connectivity index (χ2n) is 33.2. The molecule has 0 aromatic heterocycles. The number of phosphoric ester groups is 1. The second kappa shape index (κ2) is 70.0. The first-order chi connectivity index (χ1) is 56.7. The van der Waals surface area contributed by atoms with Crippen molar-refractivity contribution < 1.29 is 122 Å². The van der Waals surface area contributed by atoms with Gasteiger partial charge >= 0.3 is 31.7 Å². The average Bonchev–Trinajstić information content (AvgIpc) is 0.755. The highest BCUT2D eigenvalue weighted by Crippen LogP contribution is 2.49. The van der Waals surface area contributed by atoms with Crippen LogP contribution in [0.5, 0.6) is 0 Å². The minimum atomic E-state index is -5.81. The minimum Gasteiger partial charge on any atom is -0.463 e. The molecule has 18 atom stereocenters. The number of carbonyl (C=O) groups is 4. The number of ether oxygens (including phenoxy) is 8. The van der Waals surface area contributed by atoms with Crippen LogP contribution in [0.25, 0.3) is 0 Å². The number of esters is 4. The molecule has 0 bridgehead atoms. The van der Waals surface area contributed by atoms with Gasteiger partial charge in [-0.2, -0.15) is 0 Å². The lowest BCUT2D eigenvalue weighted by atomic mass is 9.84. The maximum absolute atomic E-state index is 14.9. The summed E-state index contributed by atoms with van der Waals surface area (Å²) in [5.74, 6) is -2.99. The summed E-state index contributed by atoms with van der Waals surface area (Å²) in [5.41, 5.74) is 0. The van der Waals surface area contributed by atoms with Gasteiger partial charge in [0, 0.05) is 25.7 Å². The van der Waals surface area contributed by atoms with Gasteiger partial charge in [0.1, 0.15) is 92.6 Å².